The van der Waals surface area contributed by atoms with Crippen molar-refractivity contribution in [2.75, 3.05) is 13.1 Å². The van der Waals surface area contributed by atoms with Crippen molar-refractivity contribution in [1.82, 2.24) is 4.90 Å². The van der Waals surface area contributed by atoms with Crippen molar-refractivity contribution in [3.63, 3.8) is 0 Å². The Kier molecular flexibility index (Phi) is 3.36. The third-order valence-corrected chi connectivity index (χ3v) is 6.34. The fourth-order valence-electron chi connectivity index (χ4n) is 4.18. The molecule has 0 aromatic heterocycles. The number of hydrogen-bond acceptors (Lipinski definition) is 1. The van der Waals surface area contributed by atoms with E-state index in [1.54, 1.807) is 0 Å². The van der Waals surface area contributed by atoms with Crippen LogP contribution in [0.15, 0.2) is 0 Å². The van der Waals surface area contributed by atoms with Gasteiger partial charge in [-0.2, -0.15) is 0 Å². The first-order valence-corrected chi connectivity index (χ1v) is 7.58. The molecule has 2 fully saturated rings. The van der Waals surface area contributed by atoms with Gasteiger partial charge in [-0.25, -0.2) is 0 Å². The summed E-state index contributed by atoms with van der Waals surface area (Å²) in [5.74, 6) is 0. The Morgan fingerprint density at radius 1 is 0.941 bits per heavy atom. The lowest BCUT2D eigenvalue weighted by Crippen LogP contribution is -2.55. The summed E-state index contributed by atoms with van der Waals surface area (Å²) in [6.07, 6.45) is 8.34. The van der Waals surface area contributed by atoms with E-state index in [2.05, 4.69) is 39.5 Å². The van der Waals surface area contributed by atoms with E-state index in [9.17, 15) is 0 Å². The highest BCUT2D eigenvalue weighted by molar-refractivity contribution is 5.04. The smallest absolute Gasteiger partial charge is 0.0187 e. The van der Waals surface area contributed by atoms with E-state index >= 15 is 0 Å². The SMILES string of the molecule is CCC1(C)CC(C)(N2CCCC2)CCC1(C)C. The molecule has 0 N–H and O–H groups in total. The van der Waals surface area contributed by atoms with Crippen molar-refractivity contribution >= 4 is 0 Å². The van der Waals surface area contributed by atoms with E-state index in [1.165, 1.54) is 51.6 Å². The summed E-state index contributed by atoms with van der Waals surface area (Å²) in [7, 11) is 0. The zero-order chi connectivity index (χ0) is 12.7. The second-order valence-corrected chi connectivity index (χ2v) is 7.67. The highest BCUT2D eigenvalue weighted by atomic mass is 15.2. The van der Waals surface area contributed by atoms with E-state index in [0.29, 0.717) is 16.4 Å². The van der Waals surface area contributed by atoms with Crippen LogP contribution in [-0.2, 0) is 0 Å². The van der Waals surface area contributed by atoms with Crippen LogP contribution in [0.2, 0.25) is 0 Å². The first-order valence-electron chi connectivity index (χ1n) is 7.58. The molecule has 2 unspecified atom stereocenters. The number of likely N-dealkylation sites (tertiary alicyclic amines) is 1. The summed E-state index contributed by atoms with van der Waals surface area (Å²) in [6, 6.07) is 0. The van der Waals surface area contributed by atoms with Crippen molar-refractivity contribution in [2.24, 2.45) is 10.8 Å². The number of hydrogen-bond donors (Lipinski definition) is 0. The molecule has 1 saturated carbocycles. The monoisotopic (exact) mass is 237 g/mol. The first-order chi connectivity index (χ1) is 7.83. The quantitative estimate of drug-likeness (QED) is 0.685. The summed E-state index contributed by atoms with van der Waals surface area (Å²) in [5.41, 5.74) is 1.51. The van der Waals surface area contributed by atoms with Gasteiger partial charge < -0.3 is 0 Å². The Bertz CT molecular complexity index is 277. The molecule has 0 amide bonds. The maximum absolute atomic E-state index is 2.79. The first kappa shape index (κ1) is 13.4. The molecule has 0 bridgehead atoms. The lowest BCUT2D eigenvalue weighted by atomic mass is 9.53. The van der Waals surface area contributed by atoms with E-state index < -0.39 is 0 Å². The van der Waals surface area contributed by atoms with Crippen LogP contribution in [0.4, 0.5) is 0 Å². The molecule has 0 aromatic rings. The summed E-state index contributed by atoms with van der Waals surface area (Å²) < 4.78 is 0. The second-order valence-electron chi connectivity index (χ2n) is 7.67. The maximum atomic E-state index is 2.79. The molecule has 2 aliphatic rings. The summed E-state index contributed by atoms with van der Waals surface area (Å²) >= 11 is 0. The molecule has 0 radical (unpaired) electrons. The van der Waals surface area contributed by atoms with Crippen LogP contribution in [0, 0.1) is 10.8 Å². The molecule has 1 aliphatic carbocycles. The van der Waals surface area contributed by atoms with E-state index in [1.807, 2.05) is 0 Å². The molecule has 2 rings (SSSR count). The Morgan fingerprint density at radius 2 is 1.53 bits per heavy atom. The van der Waals surface area contributed by atoms with Gasteiger partial charge in [0.2, 0.25) is 0 Å². The third kappa shape index (κ3) is 2.16. The van der Waals surface area contributed by atoms with Crippen molar-refractivity contribution in [2.45, 2.75) is 78.7 Å². The zero-order valence-corrected chi connectivity index (χ0v) is 12.6. The molecule has 1 heteroatoms. The normalized spacial score (nSPS) is 42.9. The summed E-state index contributed by atoms with van der Waals surface area (Å²) in [6.45, 7) is 15.1. The highest BCUT2D eigenvalue weighted by Gasteiger charge is 2.50. The Hall–Kier alpha value is -0.0400. The van der Waals surface area contributed by atoms with Crippen LogP contribution >= 0.6 is 0 Å². The fraction of sp³-hybridized carbons (Fsp3) is 1.00. The molecule has 0 aromatic carbocycles. The maximum Gasteiger partial charge on any atom is 0.0187 e. The minimum atomic E-state index is 0.483. The summed E-state index contributed by atoms with van der Waals surface area (Å²) in [4.78, 5) is 2.79. The van der Waals surface area contributed by atoms with Crippen LogP contribution in [0.5, 0.6) is 0 Å². The lowest BCUT2D eigenvalue weighted by Gasteiger charge is -2.57. The minimum Gasteiger partial charge on any atom is -0.298 e. The van der Waals surface area contributed by atoms with E-state index in [-0.39, 0.29) is 0 Å². The lowest BCUT2D eigenvalue weighted by molar-refractivity contribution is -0.0590. The molecule has 1 saturated heterocycles. The van der Waals surface area contributed by atoms with Crippen molar-refractivity contribution in [1.29, 1.82) is 0 Å². The average Bonchev–Trinajstić information content (AvgIpc) is 2.79. The van der Waals surface area contributed by atoms with Crippen LogP contribution in [0.3, 0.4) is 0 Å². The van der Waals surface area contributed by atoms with Gasteiger partial charge in [-0.3, -0.25) is 4.90 Å². The van der Waals surface area contributed by atoms with Crippen LogP contribution in [-0.4, -0.2) is 23.5 Å². The topological polar surface area (TPSA) is 3.24 Å². The van der Waals surface area contributed by atoms with Gasteiger partial charge >= 0.3 is 0 Å². The Balaban J connectivity index is 2.18. The van der Waals surface area contributed by atoms with Crippen molar-refractivity contribution < 1.29 is 0 Å². The predicted molar refractivity (Wildman–Crippen MR) is 75.2 cm³/mol. The standard InChI is InChI=1S/C16H31N/c1-6-15(4)13-16(5,10-9-14(15,2)3)17-11-7-8-12-17/h6-13H2,1-5H3. The van der Waals surface area contributed by atoms with E-state index in [4.69, 9.17) is 0 Å². The van der Waals surface area contributed by atoms with Crippen LogP contribution in [0.1, 0.15) is 73.1 Å². The van der Waals surface area contributed by atoms with Crippen molar-refractivity contribution in [3.8, 4) is 0 Å². The third-order valence-electron chi connectivity index (χ3n) is 6.34. The van der Waals surface area contributed by atoms with Gasteiger partial charge in [-0.15, -0.1) is 0 Å². The highest BCUT2D eigenvalue weighted by Crippen LogP contribution is 2.56. The van der Waals surface area contributed by atoms with Crippen LogP contribution < -0.4 is 0 Å². The number of rotatable bonds is 2. The molecule has 1 nitrogen and oxygen atoms in total. The molecular weight excluding hydrogens is 206 g/mol. The molecule has 1 heterocycles. The molecule has 0 spiro atoms. The molecule has 100 valence electrons. The van der Waals surface area contributed by atoms with Gasteiger partial charge in [0.25, 0.3) is 0 Å². The van der Waals surface area contributed by atoms with Gasteiger partial charge in [0.1, 0.15) is 0 Å². The average molecular weight is 237 g/mol. The minimum absolute atomic E-state index is 0.483. The van der Waals surface area contributed by atoms with Crippen LogP contribution in [0.25, 0.3) is 0 Å². The molecule has 2 atom stereocenters. The fourth-order valence-corrected chi connectivity index (χ4v) is 4.18. The summed E-state index contributed by atoms with van der Waals surface area (Å²) in [5, 5.41) is 0. The van der Waals surface area contributed by atoms with Gasteiger partial charge in [-0.05, 0) is 62.9 Å². The molecule has 17 heavy (non-hydrogen) atoms. The van der Waals surface area contributed by atoms with Gasteiger partial charge in [0, 0.05) is 5.54 Å². The number of nitrogens with zero attached hydrogens (tertiary/aromatic N) is 1. The van der Waals surface area contributed by atoms with Gasteiger partial charge in [0.05, 0.1) is 0 Å². The Labute approximate surface area is 108 Å². The molecule has 1 aliphatic heterocycles. The van der Waals surface area contributed by atoms with Gasteiger partial charge in [0.15, 0.2) is 0 Å². The predicted octanol–water partition coefficient (Wildman–Crippen LogP) is 4.47. The van der Waals surface area contributed by atoms with E-state index in [0.717, 1.165) is 0 Å². The second kappa shape index (κ2) is 4.26. The molecular formula is C16H31N. The zero-order valence-electron chi connectivity index (χ0n) is 12.6. The van der Waals surface area contributed by atoms with Gasteiger partial charge in [-0.1, -0.05) is 34.1 Å². The van der Waals surface area contributed by atoms with Crippen molar-refractivity contribution in [3.05, 3.63) is 0 Å². The Morgan fingerprint density at radius 3 is 2.06 bits per heavy atom. The largest absolute Gasteiger partial charge is 0.298 e.